The molecule has 0 aliphatic carbocycles. The van der Waals surface area contributed by atoms with Crippen LogP contribution in [0.4, 0.5) is 10.1 Å². The molecule has 0 unspecified atom stereocenters. The Labute approximate surface area is 192 Å². The molecule has 1 N–H and O–H groups in total. The first-order chi connectivity index (χ1) is 16.0. The zero-order valence-corrected chi connectivity index (χ0v) is 18.7. The van der Waals surface area contributed by atoms with Crippen LogP contribution in [0.3, 0.4) is 0 Å². The summed E-state index contributed by atoms with van der Waals surface area (Å²) in [5.41, 5.74) is 1.59. The topological polar surface area (TPSA) is 83.5 Å². The van der Waals surface area contributed by atoms with E-state index >= 15 is 0 Å². The Morgan fingerprint density at radius 2 is 1.76 bits per heavy atom. The zero-order chi connectivity index (χ0) is 23.4. The SMILES string of the molecule is CCOC(=O)[C@H]1C(=O)NC(N2CCN(c3ccccc3OC)CC2)=N[C@H]1c1ccc(F)cc1. The van der Waals surface area contributed by atoms with Gasteiger partial charge in [0.05, 0.1) is 19.4 Å². The Balaban J connectivity index is 1.56. The summed E-state index contributed by atoms with van der Waals surface area (Å²) in [4.78, 5) is 34.4. The maximum atomic E-state index is 13.5. The number of guanidine groups is 1. The van der Waals surface area contributed by atoms with Crippen molar-refractivity contribution in [3.63, 3.8) is 0 Å². The van der Waals surface area contributed by atoms with Gasteiger partial charge in [-0.05, 0) is 36.8 Å². The second-order valence-electron chi connectivity index (χ2n) is 7.81. The third kappa shape index (κ3) is 4.76. The molecule has 1 amide bonds. The highest BCUT2D eigenvalue weighted by molar-refractivity contribution is 6.08. The van der Waals surface area contributed by atoms with Gasteiger partial charge in [-0.2, -0.15) is 0 Å². The minimum Gasteiger partial charge on any atom is -0.495 e. The Morgan fingerprint density at radius 1 is 1.09 bits per heavy atom. The summed E-state index contributed by atoms with van der Waals surface area (Å²) in [5.74, 6) is -1.43. The van der Waals surface area contributed by atoms with Gasteiger partial charge in [0.15, 0.2) is 5.92 Å². The van der Waals surface area contributed by atoms with Gasteiger partial charge in [0.25, 0.3) is 0 Å². The first-order valence-electron chi connectivity index (χ1n) is 11.0. The zero-order valence-electron chi connectivity index (χ0n) is 18.7. The third-order valence-electron chi connectivity index (χ3n) is 5.85. The number of para-hydroxylation sites is 2. The number of nitrogens with one attached hydrogen (secondary N) is 1. The van der Waals surface area contributed by atoms with Gasteiger partial charge < -0.3 is 19.3 Å². The number of halogens is 1. The number of carbonyl (C=O) groups is 2. The van der Waals surface area contributed by atoms with Crippen LogP contribution in [0.5, 0.6) is 5.75 Å². The predicted octanol–water partition coefficient (Wildman–Crippen LogP) is 2.36. The molecule has 0 bridgehead atoms. The van der Waals surface area contributed by atoms with Gasteiger partial charge in [-0.1, -0.05) is 24.3 Å². The van der Waals surface area contributed by atoms with Crippen molar-refractivity contribution in [2.45, 2.75) is 13.0 Å². The molecule has 2 aliphatic rings. The van der Waals surface area contributed by atoms with Crippen LogP contribution in [-0.2, 0) is 14.3 Å². The number of esters is 1. The number of rotatable bonds is 5. The second-order valence-corrected chi connectivity index (χ2v) is 7.81. The fourth-order valence-electron chi connectivity index (χ4n) is 4.18. The number of aliphatic imine (C=N–C) groups is 1. The number of hydrogen-bond acceptors (Lipinski definition) is 7. The van der Waals surface area contributed by atoms with Crippen LogP contribution in [0.2, 0.25) is 0 Å². The number of hydrogen-bond donors (Lipinski definition) is 1. The van der Waals surface area contributed by atoms with Crippen molar-refractivity contribution in [1.29, 1.82) is 0 Å². The molecule has 2 aromatic carbocycles. The lowest BCUT2D eigenvalue weighted by Crippen LogP contribution is -2.57. The number of ether oxygens (including phenoxy) is 2. The van der Waals surface area contributed by atoms with E-state index in [1.807, 2.05) is 29.2 Å². The number of piperazine rings is 1. The van der Waals surface area contributed by atoms with E-state index in [2.05, 4.69) is 10.2 Å². The summed E-state index contributed by atoms with van der Waals surface area (Å²) >= 11 is 0. The molecule has 174 valence electrons. The van der Waals surface area contributed by atoms with Gasteiger partial charge >= 0.3 is 5.97 Å². The van der Waals surface area contributed by atoms with Gasteiger partial charge in [0.1, 0.15) is 17.6 Å². The number of nitrogens with zero attached hydrogens (tertiary/aromatic N) is 3. The normalized spacial score (nSPS) is 20.7. The van der Waals surface area contributed by atoms with Crippen LogP contribution in [0.1, 0.15) is 18.5 Å². The van der Waals surface area contributed by atoms with E-state index in [0.29, 0.717) is 37.7 Å². The van der Waals surface area contributed by atoms with Crippen LogP contribution >= 0.6 is 0 Å². The summed E-state index contributed by atoms with van der Waals surface area (Å²) in [6.45, 7) is 4.49. The van der Waals surface area contributed by atoms with Crippen molar-refractivity contribution < 1.29 is 23.5 Å². The van der Waals surface area contributed by atoms with Crippen molar-refractivity contribution in [2.75, 3.05) is 44.8 Å². The number of benzene rings is 2. The predicted molar refractivity (Wildman–Crippen MR) is 122 cm³/mol. The number of amides is 1. The van der Waals surface area contributed by atoms with Crippen LogP contribution in [-0.4, -0.2) is 62.6 Å². The maximum absolute atomic E-state index is 13.5. The molecule has 0 radical (unpaired) electrons. The van der Waals surface area contributed by atoms with Gasteiger partial charge in [0, 0.05) is 26.2 Å². The van der Waals surface area contributed by atoms with E-state index in [1.54, 1.807) is 26.2 Å². The van der Waals surface area contributed by atoms with E-state index in [0.717, 1.165) is 11.4 Å². The first-order valence-corrected chi connectivity index (χ1v) is 11.0. The first kappa shape index (κ1) is 22.6. The van der Waals surface area contributed by atoms with Crippen molar-refractivity contribution >= 4 is 23.5 Å². The number of carbonyl (C=O) groups excluding carboxylic acids is 2. The summed E-state index contributed by atoms with van der Waals surface area (Å²) in [6, 6.07) is 12.7. The average Bonchev–Trinajstić information content (AvgIpc) is 2.84. The molecular weight excluding hydrogens is 427 g/mol. The quantitative estimate of drug-likeness (QED) is 0.552. The van der Waals surface area contributed by atoms with Crippen molar-refractivity contribution in [3.05, 3.63) is 59.9 Å². The van der Waals surface area contributed by atoms with Gasteiger partial charge in [-0.25, -0.2) is 9.38 Å². The van der Waals surface area contributed by atoms with Crippen molar-refractivity contribution in [3.8, 4) is 5.75 Å². The van der Waals surface area contributed by atoms with E-state index in [9.17, 15) is 14.0 Å². The Hall–Kier alpha value is -3.62. The number of methoxy groups -OCH3 is 1. The van der Waals surface area contributed by atoms with Crippen LogP contribution in [0.25, 0.3) is 0 Å². The van der Waals surface area contributed by atoms with E-state index in [-0.39, 0.29) is 6.61 Å². The largest absolute Gasteiger partial charge is 0.495 e. The molecule has 2 aromatic rings. The Kier molecular flexibility index (Phi) is 6.76. The standard InChI is InChI=1S/C24H27FN4O4/c1-3-33-23(31)20-21(16-8-10-17(25)11-9-16)26-24(27-22(20)30)29-14-12-28(13-15-29)18-6-4-5-7-19(18)32-2/h4-11,20-21H,3,12-15H2,1-2H3,(H,26,27,30)/t20-,21+/m1/s1. The third-order valence-corrected chi connectivity index (χ3v) is 5.85. The molecule has 0 spiro atoms. The molecule has 2 heterocycles. The van der Waals surface area contributed by atoms with E-state index in [1.165, 1.54) is 12.1 Å². The Bertz CT molecular complexity index is 1040. The molecule has 1 fully saturated rings. The minimum absolute atomic E-state index is 0.153. The number of anilines is 1. The molecule has 4 rings (SSSR count). The molecule has 2 atom stereocenters. The average molecular weight is 455 g/mol. The van der Waals surface area contributed by atoms with E-state index in [4.69, 9.17) is 14.5 Å². The molecule has 0 saturated carbocycles. The minimum atomic E-state index is -1.13. The Morgan fingerprint density at radius 3 is 2.42 bits per heavy atom. The van der Waals surface area contributed by atoms with Crippen molar-refractivity contribution in [2.24, 2.45) is 10.9 Å². The highest BCUT2D eigenvalue weighted by Gasteiger charge is 2.42. The lowest BCUT2D eigenvalue weighted by molar-refractivity contribution is -0.153. The summed E-state index contributed by atoms with van der Waals surface area (Å²) < 4.78 is 24.1. The smallest absolute Gasteiger partial charge is 0.321 e. The van der Waals surface area contributed by atoms with Crippen LogP contribution in [0.15, 0.2) is 53.5 Å². The second kappa shape index (κ2) is 9.89. The molecular formula is C24H27FN4O4. The van der Waals surface area contributed by atoms with Gasteiger partial charge in [-0.15, -0.1) is 0 Å². The van der Waals surface area contributed by atoms with Crippen LogP contribution < -0.4 is 15.0 Å². The van der Waals surface area contributed by atoms with Gasteiger partial charge in [0.2, 0.25) is 11.9 Å². The highest BCUT2D eigenvalue weighted by atomic mass is 19.1. The molecule has 1 saturated heterocycles. The molecule has 8 nitrogen and oxygen atoms in total. The fourth-order valence-corrected chi connectivity index (χ4v) is 4.18. The van der Waals surface area contributed by atoms with Crippen LogP contribution in [0, 0.1) is 11.7 Å². The molecule has 9 heteroatoms. The van der Waals surface area contributed by atoms with Gasteiger partial charge in [-0.3, -0.25) is 14.9 Å². The molecule has 2 aliphatic heterocycles. The highest BCUT2D eigenvalue weighted by Crippen LogP contribution is 2.32. The maximum Gasteiger partial charge on any atom is 0.321 e. The van der Waals surface area contributed by atoms with E-state index < -0.39 is 29.7 Å². The lowest BCUT2D eigenvalue weighted by atomic mass is 9.91. The molecule has 0 aromatic heterocycles. The monoisotopic (exact) mass is 454 g/mol. The fraction of sp³-hybridized carbons (Fsp3) is 0.375. The van der Waals surface area contributed by atoms with Crippen molar-refractivity contribution in [1.82, 2.24) is 10.2 Å². The molecule has 33 heavy (non-hydrogen) atoms. The summed E-state index contributed by atoms with van der Waals surface area (Å²) in [5, 5.41) is 2.78. The lowest BCUT2D eigenvalue weighted by Gasteiger charge is -2.40. The summed E-state index contributed by atoms with van der Waals surface area (Å²) in [7, 11) is 1.65. The summed E-state index contributed by atoms with van der Waals surface area (Å²) in [6.07, 6.45) is 0.